The first-order chi connectivity index (χ1) is 7.47. The molecule has 0 fully saturated rings. The van der Waals surface area contributed by atoms with Crippen LogP contribution in [0.5, 0.6) is 0 Å². The molecule has 1 aromatic carbocycles. The van der Waals surface area contributed by atoms with E-state index in [4.69, 9.17) is 5.73 Å². The van der Waals surface area contributed by atoms with Gasteiger partial charge in [-0.2, -0.15) is 0 Å². The van der Waals surface area contributed by atoms with Crippen molar-refractivity contribution in [3.63, 3.8) is 0 Å². The number of hydrogen-bond donors (Lipinski definition) is 2. The predicted octanol–water partition coefficient (Wildman–Crippen LogP) is 1.37. The Kier molecular flexibility index (Phi) is 4.33. The fraction of sp³-hybridized carbons (Fsp3) is 0.538. The Morgan fingerprint density at radius 3 is 2.44 bits per heavy atom. The van der Waals surface area contributed by atoms with Crippen molar-refractivity contribution in [2.24, 2.45) is 5.73 Å². The molecular formula is C13H22N2O. The largest absolute Gasteiger partial charge is 0.390 e. The molecule has 1 atom stereocenters. The van der Waals surface area contributed by atoms with Crippen molar-refractivity contribution in [3.05, 3.63) is 28.8 Å². The lowest BCUT2D eigenvalue weighted by molar-refractivity contribution is 0.189. The fourth-order valence-electron chi connectivity index (χ4n) is 1.84. The molecule has 0 aliphatic carbocycles. The summed E-state index contributed by atoms with van der Waals surface area (Å²) in [6.07, 6.45) is -0.467. The van der Waals surface area contributed by atoms with Crippen LogP contribution >= 0.6 is 0 Å². The molecule has 0 heterocycles. The van der Waals surface area contributed by atoms with E-state index in [1.54, 1.807) is 0 Å². The van der Waals surface area contributed by atoms with Crippen LogP contribution in [-0.2, 0) is 0 Å². The standard InChI is InChI=1S/C13H22N2O/c1-9-5-6-13(11(3)10(9)2)15(4)8-12(16)7-14/h5-6,12,16H,7-8,14H2,1-4H3. The topological polar surface area (TPSA) is 49.5 Å². The van der Waals surface area contributed by atoms with Crippen LogP contribution in [0.15, 0.2) is 12.1 Å². The molecule has 3 heteroatoms. The Labute approximate surface area is 97.9 Å². The Morgan fingerprint density at radius 2 is 1.88 bits per heavy atom. The summed E-state index contributed by atoms with van der Waals surface area (Å²) >= 11 is 0. The van der Waals surface area contributed by atoms with Gasteiger partial charge in [0.05, 0.1) is 6.10 Å². The molecule has 0 aromatic heterocycles. The van der Waals surface area contributed by atoms with Crippen molar-refractivity contribution >= 4 is 5.69 Å². The van der Waals surface area contributed by atoms with Crippen molar-refractivity contribution < 1.29 is 5.11 Å². The van der Waals surface area contributed by atoms with E-state index in [0.29, 0.717) is 13.1 Å². The number of aliphatic hydroxyl groups is 1. The highest BCUT2D eigenvalue weighted by Gasteiger charge is 2.11. The Morgan fingerprint density at radius 1 is 1.25 bits per heavy atom. The zero-order valence-corrected chi connectivity index (χ0v) is 10.6. The van der Waals surface area contributed by atoms with Gasteiger partial charge in [-0.15, -0.1) is 0 Å². The zero-order valence-electron chi connectivity index (χ0n) is 10.6. The highest BCUT2D eigenvalue weighted by molar-refractivity contribution is 5.57. The van der Waals surface area contributed by atoms with E-state index in [-0.39, 0.29) is 0 Å². The second-order valence-corrected chi connectivity index (χ2v) is 4.42. The van der Waals surface area contributed by atoms with Gasteiger partial charge in [-0.05, 0) is 43.5 Å². The number of nitrogens with two attached hydrogens (primary N) is 1. The van der Waals surface area contributed by atoms with Crippen molar-refractivity contribution in [1.29, 1.82) is 0 Å². The molecule has 90 valence electrons. The second-order valence-electron chi connectivity index (χ2n) is 4.42. The van der Waals surface area contributed by atoms with E-state index in [0.717, 1.165) is 5.69 Å². The Balaban J connectivity index is 2.92. The molecule has 0 amide bonds. The number of aryl methyl sites for hydroxylation is 1. The molecule has 1 unspecified atom stereocenters. The summed E-state index contributed by atoms with van der Waals surface area (Å²) in [5.41, 5.74) is 10.5. The molecule has 1 rings (SSSR count). The maximum absolute atomic E-state index is 9.54. The van der Waals surface area contributed by atoms with E-state index in [1.807, 2.05) is 7.05 Å². The lowest BCUT2D eigenvalue weighted by Gasteiger charge is -2.25. The lowest BCUT2D eigenvalue weighted by Crippen LogP contribution is -2.34. The summed E-state index contributed by atoms with van der Waals surface area (Å²) in [5, 5.41) is 9.54. The number of hydrogen-bond acceptors (Lipinski definition) is 3. The molecule has 0 saturated carbocycles. The monoisotopic (exact) mass is 222 g/mol. The second kappa shape index (κ2) is 5.32. The van der Waals surface area contributed by atoms with Crippen LogP contribution < -0.4 is 10.6 Å². The van der Waals surface area contributed by atoms with E-state index >= 15 is 0 Å². The minimum absolute atomic E-state index is 0.300. The van der Waals surface area contributed by atoms with Gasteiger partial charge in [0, 0.05) is 25.8 Å². The molecule has 1 aromatic rings. The maximum Gasteiger partial charge on any atom is 0.0836 e. The summed E-state index contributed by atoms with van der Waals surface area (Å²) < 4.78 is 0. The van der Waals surface area contributed by atoms with E-state index in [1.165, 1.54) is 16.7 Å². The molecule has 0 aliphatic rings. The third-order valence-corrected chi connectivity index (χ3v) is 3.20. The average molecular weight is 222 g/mol. The predicted molar refractivity (Wildman–Crippen MR) is 69.0 cm³/mol. The molecule has 16 heavy (non-hydrogen) atoms. The average Bonchev–Trinajstić information content (AvgIpc) is 2.25. The SMILES string of the molecule is Cc1ccc(N(C)CC(O)CN)c(C)c1C. The van der Waals surface area contributed by atoms with Crippen molar-refractivity contribution in [2.45, 2.75) is 26.9 Å². The molecule has 0 radical (unpaired) electrons. The molecule has 3 N–H and O–H groups in total. The van der Waals surface area contributed by atoms with Gasteiger partial charge in [-0.3, -0.25) is 0 Å². The van der Waals surface area contributed by atoms with Gasteiger partial charge in [-0.1, -0.05) is 6.07 Å². The van der Waals surface area contributed by atoms with Gasteiger partial charge in [0.2, 0.25) is 0 Å². The van der Waals surface area contributed by atoms with Crippen LogP contribution in [0, 0.1) is 20.8 Å². The van der Waals surface area contributed by atoms with E-state index in [2.05, 4.69) is 37.8 Å². The minimum Gasteiger partial charge on any atom is -0.390 e. The first-order valence-electron chi connectivity index (χ1n) is 5.63. The van der Waals surface area contributed by atoms with Crippen LogP contribution in [0.25, 0.3) is 0 Å². The van der Waals surface area contributed by atoms with Gasteiger partial charge in [0.1, 0.15) is 0 Å². The van der Waals surface area contributed by atoms with Gasteiger partial charge in [-0.25, -0.2) is 0 Å². The van der Waals surface area contributed by atoms with Crippen molar-refractivity contribution in [1.82, 2.24) is 0 Å². The number of rotatable bonds is 4. The summed E-state index contributed by atoms with van der Waals surface area (Å²) in [4.78, 5) is 2.05. The molecule has 0 aliphatic heterocycles. The van der Waals surface area contributed by atoms with Crippen LogP contribution in [0.4, 0.5) is 5.69 Å². The molecule has 0 saturated heterocycles. The fourth-order valence-corrected chi connectivity index (χ4v) is 1.84. The highest BCUT2D eigenvalue weighted by Crippen LogP contribution is 2.24. The van der Waals surface area contributed by atoms with Crippen LogP contribution in [-0.4, -0.2) is 31.3 Å². The summed E-state index contributed by atoms with van der Waals surface area (Å²) in [5.74, 6) is 0. The molecular weight excluding hydrogens is 200 g/mol. The van der Waals surface area contributed by atoms with Gasteiger partial charge >= 0.3 is 0 Å². The Hall–Kier alpha value is -1.06. The Bertz CT molecular complexity index is 363. The smallest absolute Gasteiger partial charge is 0.0836 e. The van der Waals surface area contributed by atoms with Crippen LogP contribution in [0.2, 0.25) is 0 Å². The van der Waals surface area contributed by atoms with E-state index in [9.17, 15) is 5.11 Å². The maximum atomic E-state index is 9.54. The lowest BCUT2D eigenvalue weighted by atomic mass is 10.0. The number of nitrogens with zero attached hydrogens (tertiary/aromatic N) is 1. The van der Waals surface area contributed by atoms with Crippen molar-refractivity contribution in [2.75, 3.05) is 25.0 Å². The summed E-state index contributed by atoms with van der Waals surface area (Å²) in [7, 11) is 1.98. The third-order valence-electron chi connectivity index (χ3n) is 3.20. The van der Waals surface area contributed by atoms with Crippen LogP contribution in [0.1, 0.15) is 16.7 Å². The molecule has 0 bridgehead atoms. The van der Waals surface area contributed by atoms with Gasteiger partial charge in [0.15, 0.2) is 0 Å². The number of anilines is 1. The number of benzene rings is 1. The zero-order chi connectivity index (χ0) is 12.3. The van der Waals surface area contributed by atoms with Gasteiger partial charge < -0.3 is 15.7 Å². The molecule has 3 nitrogen and oxygen atoms in total. The number of aliphatic hydroxyl groups excluding tert-OH is 1. The summed E-state index contributed by atoms with van der Waals surface area (Å²) in [6, 6.07) is 4.21. The normalized spacial score (nSPS) is 12.6. The summed E-state index contributed by atoms with van der Waals surface area (Å²) in [6.45, 7) is 7.22. The minimum atomic E-state index is -0.467. The third kappa shape index (κ3) is 2.74. The van der Waals surface area contributed by atoms with E-state index < -0.39 is 6.10 Å². The van der Waals surface area contributed by atoms with Gasteiger partial charge in [0.25, 0.3) is 0 Å². The molecule has 0 spiro atoms. The van der Waals surface area contributed by atoms with Crippen molar-refractivity contribution in [3.8, 4) is 0 Å². The number of likely N-dealkylation sites (N-methyl/N-ethyl adjacent to an activating group) is 1. The quantitative estimate of drug-likeness (QED) is 0.809. The highest BCUT2D eigenvalue weighted by atomic mass is 16.3. The van der Waals surface area contributed by atoms with Crippen LogP contribution in [0.3, 0.4) is 0 Å². The first kappa shape index (κ1) is 13.0. The first-order valence-corrected chi connectivity index (χ1v) is 5.63.